The third kappa shape index (κ3) is 6.53. The lowest BCUT2D eigenvalue weighted by molar-refractivity contribution is -0.146. The second kappa shape index (κ2) is 9.16. The van der Waals surface area contributed by atoms with Gasteiger partial charge in [0, 0.05) is 0 Å². The number of carbonyl (C=O) groups excluding carboxylic acids is 2. The van der Waals surface area contributed by atoms with Crippen LogP contribution in [0.15, 0.2) is 48.5 Å². The fourth-order valence-electron chi connectivity index (χ4n) is 2.18. The largest absolute Gasteiger partial charge is 0.455 e. The van der Waals surface area contributed by atoms with Crippen molar-refractivity contribution in [2.75, 3.05) is 11.9 Å². The van der Waals surface area contributed by atoms with Crippen molar-refractivity contribution in [1.82, 2.24) is 0 Å². The second-order valence-corrected chi connectivity index (χ2v) is 5.46. The number of halogens is 5. The fourth-order valence-corrected chi connectivity index (χ4v) is 2.18. The molecular formula is C18H14F5NO4. The molecule has 0 atom stereocenters. The molecule has 0 unspecified atom stereocenters. The van der Waals surface area contributed by atoms with Crippen molar-refractivity contribution in [3.8, 4) is 5.75 Å². The molecule has 0 saturated heterocycles. The molecule has 0 aliphatic rings. The highest BCUT2D eigenvalue weighted by molar-refractivity contribution is 5.94. The molecule has 0 fully saturated rings. The Morgan fingerprint density at radius 1 is 1.04 bits per heavy atom. The number of hydrogen-bond donors (Lipinski definition) is 1. The van der Waals surface area contributed by atoms with E-state index in [0.29, 0.717) is 0 Å². The maximum Gasteiger partial charge on any atom is 0.416 e. The van der Waals surface area contributed by atoms with Gasteiger partial charge in [-0.05, 0) is 23.8 Å². The summed E-state index contributed by atoms with van der Waals surface area (Å²) in [6.07, 6.45) is -5.02. The molecule has 1 amide bonds. The maximum atomic E-state index is 12.7. The average Bonchev–Trinajstić information content (AvgIpc) is 2.61. The molecule has 1 N–H and O–H groups in total. The minimum atomic E-state index is -4.55. The van der Waals surface area contributed by atoms with E-state index in [4.69, 9.17) is 4.74 Å². The number of amides is 1. The number of carbonyl (C=O) groups is 2. The molecule has 2 aromatic carbocycles. The zero-order valence-corrected chi connectivity index (χ0v) is 14.1. The van der Waals surface area contributed by atoms with Crippen LogP contribution in [0.5, 0.6) is 5.75 Å². The zero-order valence-electron chi connectivity index (χ0n) is 14.1. The Balaban J connectivity index is 1.89. The van der Waals surface area contributed by atoms with Crippen LogP contribution in [0.1, 0.15) is 11.1 Å². The van der Waals surface area contributed by atoms with Crippen LogP contribution < -0.4 is 10.1 Å². The molecule has 0 saturated carbocycles. The molecule has 2 aromatic rings. The normalized spacial score (nSPS) is 11.2. The molecule has 28 heavy (non-hydrogen) atoms. The van der Waals surface area contributed by atoms with Gasteiger partial charge < -0.3 is 14.8 Å². The van der Waals surface area contributed by atoms with Gasteiger partial charge in [0.25, 0.3) is 5.91 Å². The summed E-state index contributed by atoms with van der Waals surface area (Å²) in [6, 6.07) is 9.53. The molecule has 0 aliphatic heterocycles. The average molecular weight is 403 g/mol. The summed E-state index contributed by atoms with van der Waals surface area (Å²) in [5, 5.41) is 2.24. The van der Waals surface area contributed by atoms with Crippen molar-refractivity contribution in [3.63, 3.8) is 0 Å². The SMILES string of the molecule is O=C(COC(=O)Cc1cccc(C(F)(F)F)c1)Nc1ccccc1OC(F)F. The van der Waals surface area contributed by atoms with Gasteiger partial charge in [-0.25, -0.2) is 0 Å². The molecule has 0 aliphatic carbocycles. The van der Waals surface area contributed by atoms with Crippen molar-refractivity contribution < 1.29 is 41.0 Å². The molecule has 10 heteroatoms. The number of hydrogen-bond acceptors (Lipinski definition) is 4. The van der Waals surface area contributed by atoms with Crippen LogP contribution in [0.2, 0.25) is 0 Å². The number of alkyl halides is 5. The van der Waals surface area contributed by atoms with E-state index in [9.17, 15) is 31.5 Å². The first kappa shape index (κ1) is 21.1. The Morgan fingerprint density at radius 3 is 2.43 bits per heavy atom. The van der Waals surface area contributed by atoms with E-state index in [1.54, 1.807) is 0 Å². The van der Waals surface area contributed by atoms with Crippen LogP contribution >= 0.6 is 0 Å². The first-order valence-electron chi connectivity index (χ1n) is 7.80. The molecule has 150 valence electrons. The molecule has 0 heterocycles. The maximum absolute atomic E-state index is 12.7. The van der Waals surface area contributed by atoms with Crippen molar-refractivity contribution in [2.24, 2.45) is 0 Å². The minimum absolute atomic E-state index is 0.0540. The number of ether oxygens (including phenoxy) is 2. The summed E-state index contributed by atoms with van der Waals surface area (Å²) in [5.41, 5.74) is -0.899. The predicted octanol–water partition coefficient (Wildman–Crippen LogP) is 4.03. The van der Waals surface area contributed by atoms with Gasteiger partial charge in [0.15, 0.2) is 6.61 Å². The molecular weight excluding hydrogens is 389 g/mol. The monoisotopic (exact) mass is 403 g/mol. The van der Waals surface area contributed by atoms with Crippen LogP contribution in [-0.2, 0) is 26.9 Å². The molecule has 2 rings (SSSR count). The van der Waals surface area contributed by atoms with Crippen LogP contribution in [0.25, 0.3) is 0 Å². The predicted molar refractivity (Wildman–Crippen MR) is 87.8 cm³/mol. The number of anilines is 1. The number of para-hydroxylation sites is 2. The van der Waals surface area contributed by atoms with Gasteiger partial charge in [0.05, 0.1) is 17.7 Å². The molecule has 5 nitrogen and oxygen atoms in total. The number of benzene rings is 2. The Hall–Kier alpha value is -3.17. The van der Waals surface area contributed by atoms with E-state index in [2.05, 4.69) is 10.1 Å². The number of esters is 1. The van der Waals surface area contributed by atoms with Gasteiger partial charge in [-0.3, -0.25) is 9.59 Å². The lowest BCUT2D eigenvalue weighted by Gasteiger charge is -2.12. The molecule has 0 aromatic heterocycles. The van der Waals surface area contributed by atoms with Crippen LogP contribution in [0.3, 0.4) is 0 Å². The summed E-state index contributed by atoms with van der Waals surface area (Å²) in [5.74, 6) is -2.03. The third-order valence-electron chi connectivity index (χ3n) is 3.34. The second-order valence-electron chi connectivity index (χ2n) is 5.46. The summed E-state index contributed by atoms with van der Waals surface area (Å²) in [6.45, 7) is -3.84. The van der Waals surface area contributed by atoms with Gasteiger partial charge >= 0.3 is 18.8 Å². The highest BCUT2D eigenvalue weighted by Crippen LogP contribution is 2.29. The van der Waals surface area contributed by atoms with E-state index >= 15 is 0 Å². The van der Waals surface area contributed by atoms with Gasteiger partial charge in [0.1, 0.15) is 5.75 Å². The van der Waals surface area contributed by atoms with E-state index < -0.39 is 43.3 Å². The Labute approximate surface area is 156 Å². The van der Waals surface area contributed by atoms with Gasteiger partial charge in [-0.2, -0.15) is 22.0 Å². The fraction of sp³-hybridized carbons (Fsp3) is 0.222. The Kier molecular flexibility index (Phi) is 6.91. The van der Waals surface area contributed by atoms with E-state index in [1.165, 1.54) is 30.3 Å². The first-order valence-corrected chi connectivity index (χ1v) is 7.80. The van der Waals surface area contributed by atoms with Crippen LogP contribution in [-0.4, -0.2) is 25.1 Å². The van der Waals surface area contributed by atoms with E-state index in [1.807, 2.05) is 0 Å². The first-order chi connectivity index (χ1) is 13.1. The molecule has 0 bridgehead atoms. The third-order valence-corrected chi connectivity index (χ3v) is 3.34. The smallest absolute Gasteiger partial charge is 0.416 e. The number of nitrogens with one attached hydrogen (secondary N) is 1. The summed E-state index contributed by atoms with van der Waals surface area (Å²) < 4.78 is 71.6. The zero-order chi connectivity index (χ0) is 20.7. The minimum Gasteiger partial charge on any atom is -0.455 e. The number of rotatable bonds is 7. The van der Waals surface area contributed by atoms with Crippen molar-refractivity contribution in [1.29, 1.82) is 0 Å². The van der Waals surface area contributed by atoms with Gasteiger partial charge in [0.2, 0.25) is 0 Å². The van der Waals surface area contributed by atoms with Gasteiger partial charge in [-0.15, -0.1) is 0 Å². The van der Waals surface area contributed by atoms with Gasteiger partial charge in [-0.1, -0.05) is 30.3 Å². The van der Waals surface area contributed by atoms with E-state index in [-0.39, 0.29) is 17.0 Å². The lowest BCUT2D eigenvalue weighted by Crippen LogP contribution is -2.22. The highest BCUT2D eigenvalue weighted by Gasteiger charge is 2.30. The Morgan fingerprint density at radius 2 is 1.75 bits per heavy atom. The van der Waals surface area contributed by atoms with E-state index in [0.717, 1.165) is 18.2 Å². The highest BCUT2D eigenvalue weighted by atomic mass is 19.4. The standard InChI is InChI=1S/C18H14F5NO4/c19-17(20)28-14-7-2-1-6-13(14)24-15(25)10-27-16(26)9-11-4-3-5-12(8-11)18(21,22)23/h1-8,17H,9-10H2,(H,24,25). The summed E-state index contributed by atoms with van der Waals surface area (Å²) in [4.78, 5) is 23.5. The summed E-state index contributed by atoms with van der Waals surface area (Å²) >= 11 is 0. The van der Waals surface area contributed by atoms with Crippen molar-refractivity contribution >= 4 is 17.6 Å². The Bertz CT molecular complexity index is 839. The van der Waals surface area contributed by atoms with Crippen LogP contribution in [0.4, 0.5) is 27.6 Å². The topological polar surface area (TPSA) is 64.6 Å². The molecule has 0 radical (unpaired) electrons. The molecule has 0 spiro atoms. The summed E-state index contributed by atoms with van der Waals surface area (Å²) in [7, 11) is 0. The van der Waals surface area contributed by atoms with Crippen molar-refractivity contribution in [2.45, 2.75) is 19.2 Å². The van der Waals surface area contributed by atoms with Crippen molar-refractivity contribution in [3.05, 3.63) is 59.7 Å². The lowest BCUT2D eigenvalue weighted by atomic mass is 10.1. The quantitative estimate of drug-likeness (QED) is 0.560. The van der Waals surface area contributed by atoms with Crippen LogP contribution in [0, 0.1) is 0 Å².